The molecule has 1 aromatic heterocycles. The number of hydrogen-bond donors (Lipinski definition) is 0. The van der Waals surface area contributed by atoms with E-state index in [9.17, 15) is 14.4 Å². The van der Waals surface area contributed by atoms with E-state index in [1.54, 1.807) is 62.4 Å². The standard InChI is InChI=1S/C26H23ClN2O6S/c1-5-34-25(32)22-14(2)28-26-29(23(22)17-7-9-18(27)10-8-17)24(31)21(36-26)13-16-6-11-19(35-15(3)30)20(12-16)33-4/h6-13,23H,5H2,1-4H3/b21-13+. The summed E-state index contributed by atoms with van der Waals surface area (Å²) >= 11 is 7.29. The lowest BCUT2D eigenvalue weighted by atomic mass is 9.96. The summed E-state index contributed by atoms with van der Waals surface area (Å²) in [5.41, 5.74) is 1.84. The molecule has 0 spiro atoms. The molecule has 0 saturated carbocycles. The number of rotatable bonds is 6. The molecule has 8 nitrogen and oxygen atoms in total. The first kappa shape index (κ1) is 25.4. The highest BCUT2D eigenvalue weighted by Gasteiger charge is 2.33. The van der Waals surface area contributed by atoms with Gasteiger partial charge >= 0.3 is 11.9 Å². The van der Waals surface area contributed by atoms with E-state index >= 15 is 0 Å². The molecule has 1 unspecified atom stereocenters. The number of benzene rings is 2. The maximum Gasteiger partial charge on any atom is 0.338 e. The Hall–Kier alpha value is -3.69. The van der Waals surface area contributed by atoms with Crippen LogP contribution in [0, 0.1) is 0 Å². The molecule has 0 bridgehead atoms. The van der Waals surface area contributed by atoms with Crippen molar-refractivity contribution in [3.8, 4) is 11.5 Å². The number of aromatic nitrogens is 1. The summed E-state index contributed by atoms with van der Waals surface area (Å²) < 4.78 is 17.7. The van der Waals surface area contributed by atoms with Crippen LogP contribution >= 0.6 is 22.9 Å². The number of allylic oxidation sites excluding steroid dienone is 1. The van der Waals surface area contributed by atoms with Gasteiger partial charge in [0.05, 0.1) is 35.6 Å². The fourth-order valence-electron chi connectivity index (χ4n) is 3.92. The van der Waals surface area contributed by atoms with Gasteiger partial charge in [0.2, 0.25) is 0 Å². The van der Waals surface area contributed by atoms with Crippen LogP contribution in [0.3, 0.4) is 0 Å². The van der Waals surface area contributed by atoms with E-state index in [2.05, 4.69) is 4.99 Å². The second-order valence-corrected chi connectivity index (χ2v) is 9.30. The maximum atomic E-state index is 13.6. The molecule has 0 aliphatic carbocycles. The molecule has 1 aliphatic rings. The Bertz CT molecular complexity index is 1550. The number of thiazole rings is 1. The summed E-state index contributed by atoms with van der Waals surface area (Å²) in [6.45, 7) is 4.95. The van der Waals surface area contributed by atoms with Gasteiger partial charge in [0.1, 0.15) is 0 Å². The van der Waals surface area contributed by atoms with Crippen molar-refractivity contribution >= 4 is 41.0 Å². The van der Waals surface area contributed by atoms with Gasteiger partial charge in [0.15, 0.2) is 16.3 Å². The molecule has 36 heavy (non-hydrogen) atoms. The van der Waals surface area contributed by atoms with Gasteiger partial charge in [-0.3, -0.25) is 14.2 Å². The minimum absolute atomic E-state index is 0.193. The van der Waals surface area contributed by atoms with E-state index in [1.807, 2.05) is 0 Å². The molecule has 2 aromatic carbocycles. The molecule has 0 amide bonds. The van der Waals surface area contributed by atoms with Gasteiger partial charge in [-0.15, -0.1) is 0 Å². The second-order valence-electron chi connectivity index (χ2n) is 7.86. The van der Waals surface area contributed by atoms with Crippen molar-refractivity contribution in [1.29, 1.82) is 0 Å². The molecule has 2 heterocycles. The number of esters is 2. The van der Waals surface area contributed by atoms with Crippen LogP contribution in [-0.2, 0) is 14.3 Å². The highest BCUT2D eigenvalue weighted by atomic mass is 35.5. The number of halogens is 1. The minimum atomic E-state index is -0.722. The van der Waals surface area contributed by atoms with Crippen molar-refractivity contribution in [3.05, 3.63) is 89.6 Å². The molecular formula is C26H23ClN2O6S. The summed E-state index contributed by atoms with van der Waals surface area (Å²) in [5.74, 6) is -0.365. The van der Waals surface area contributed by atoms with Crippen LogP contribution in [0.15, 0.2) is 63.5 Å². The van der Waals surface area contributed by atoms with Crippen LogP contribution in [-0.4, -0.2) is 30.2 Å². The molecule has 0 fully saturated rings. The fourth-order valence-corrected chi connectivity index (χ4v) is 5.09. The quantitative estimate of drug-likeness (QED) is 0.361. The van der Waals surface area contributed by atoms with Crippen LogP contribution in [0.4, 0.5) is 0 Å². The van der Waals surface area contributed by atoms with E-state index in [0.29, 0.717) is 42.5 Å². The molecule has 0 saturated heterocycles. The lowest BCUT2D eigenvalue weighted by Gasteiger charge is -2.24. The van der Waals surface area contributed by atoms with Crippen molar-refractivity contribution in [2.75, 3.05) is 13.7 Å². The van der Waals surface area contributed by atoms with Gasteiger partial charge in [0.25, 0.3) is 5.56 Å². The number of carbonyl (C=O) groups is 2. The van der Waals surface area contributed by atoms with Gasteiger partial charge < -0.3 is 14.2 Å². The predicted octanol–water partition coefficient (Wildman–Crippen LogP) is 3.39. The Labute approximate surface area is 215 Å². The van der Waals surface area contributed by atoms with E-state index in [1.165, 1.54) is 29.9 Å². The van der Waals surface area contributed by atoms with Crippen molar-refractivity contribution in [2.45, 2.75) is 26.8 Å². The Kier molecular flexibility index (Phi) is 7.42. The topological polar surface area (TPSA) is 96.2 Å². The first-order chi connectivity index (χ1) is 17.2. The number of methoxy groups -OCH3 is 1. The number of carbonyl (C=O) groups excluding carboxylic acids is 2. The lowest BCUT2D eigenvalue weighted by Crippen LogP contribution is -2.39. The normalized spacial score (nSPS) is 15.2. The molecular weight excluding hydrogens is 504 g/mol. The predicted molar refractivity (Wildman–Crippen MR) is 136 cm³/mol. The third-order valence-electron chi connectivity index (χ3n) is 5.44. The Balaban J connectivity index is 1.89. The van der Waals surface area contributed by atoms with Crippen molar-refractivity contribution in [3.63, 3.8) is 0 Å². The average Bonchev–Trinajstić information content (AvgIpc) is 3.13. The summed E-state index contributed by atoms with van der Waals surface area (Å²) in [5, 5.41) is 0.538. The van der Waals surface area contributed by atoms with Gasteiger partial charge in [-0.25, -0.2) is 9.79 Å². The molecule has 1 atom stereocenters. The Morgan fingerprint density at radius 2 is 1.89 bits per heavy atom. The SMILES string of the molecule is CCOC(=O)C1=C(C)N=c2s/c(=C/c3ccc(OC(C)=O)c(OC)c3)c(=O)n2C1c1ccc(Cl)cc1. The Morgan fingerprint density at radius 1 is 1.17 bits per heavy atom. The monoisotopic (exact) mass is 526 g/mol. The molecule has 0 N–H and O–H groups in total. The minimum Gasteiger partial charge on any atom is -0.493 e. The van der Waals surface area contributed by atoms with Crippen molar-refractivity contribution < 1.29 is 23.8 Å². The van der Waals surface area contributed by atoms with Crippen molar-refractivity contribution in [2.24, 2.45) is 4.99 Å². The second kappa shape index (κ2) is 10.5. The summed E-state index contributed by atoms with van der Waals surface area (Å²) in [6, 6.07) is 11.2. The zero-order chi connectivity index (χ0) is 26.0. The number of ether oxygens (including phenoxy) is 3. The molecule has 0 radical (unpaired) electrons. The van der Waals surface area contributed by atoms with E-state index < -0.39 is 18.0 Å². The highest BCUT2D eigenvalue weighted by Crippen LogP contribution is 2.31. The first-order valence-electron chi connectivity index (χ1n) is 11.0. The maximum absolute atomic E-state index is 13.6. The number of hydrogen-bond acceptors (Lipinski definition) is 8. The molecule has 10 heteroatoms. The molecule has 4 rings (SSSR count). The van der Waals surface area contributed by atoms with Gasteiger partial charge in [-0.05, 0) is 55.3 Å². The molecule has 3 aromatic rings. The first-order valence-corrected chi connectivity index (χ1v) is 12.2. The average molecular weight is 527 g/mol. The number of nitrogens with zero attached hydrogens (tertiary/aromatic N) is 2. The largest absolute Gasteiger partial charge is 0.493 e. The number of fused-ring (bicyclic) bond motifs is 1. The third kappa shape index (κ3) is 4.98. The van der Waals surface area contributed by atoms with Gasteiger partial charge in [-0.2, -0.15) is 0 Å². The van der Waals surface area contributed by atoms with Gasteiger partial charge in [-0.1, -0.05) is 41.1 Å². The van der Waals surface area contributed by atoms with Crippen LogP contribution in [0.2, 0.25) is 5.02 Å². The van der Waals surface area contributed by atoms with Gasteiger partial charge in [0, 0.05) is 11.9 Å². The fraction of sp³-hybridized carbons (Fsp3) is 0.231. The smallest absolute Gasteiger partial charge is 0.338 e. The van der Waals surface area contributed by atoms with E-state index in [4.69, 9.17) is 25.8 Å². The summed E-state index contributed by atoms with van der Waals surface area (Å²) in [7, 11) is 1.46. The summed E-state index contributed by atoms with van der Waals surface area (Å²) in [6.07, 6.45) is 1.70. The van der Waals surface area contributed by atoms with E-state index in [-0.39, 0.29) is 17.9 Å². The highest BCUT2D eigenvalue weighted by molar-refractivity contribution is 7.07. The molecule has 186 valence electrons. The van der Waals surface area contributed by atoms with Crippen LogP contribution in [0.1, 0.15) is 37.9 Å². The zero-order valence-corrected chi connectivity index (χ0v) is 21.6. The van der Waals surface area contributed by atoms with Crippen LogP contribution in [0.25, 0.3) is 6.08 Å². The van der Waals surface area contributed by atoms with Crippen LogP contribution < -0.4 is 24.4 Å². The zero-order valence-electron chi connectivity index (χ0n) is 20.0. The lowest BCUT2D eigenvalue weighted by molar-refractivity contribution is -0.139. The molecule has 1 aliphatic heterocycles. The van der Waals surface area contributed by atoms with E-state index in [0.717, 1.165) is 0 Å². The van der Waals surface area contributed by atoms with Crippen molar-refractivity contribution in [1.82, 2.24) is 4.57 Å². The Morgan fingerprint density at radius 3 is 2.53 bits per heavy atom. The summed E-state index contributed by atoms with van der Waals surface area (Å²) in [4.78, 5) is 42.9. The third-order valence-corrected chi connectivity index (χ3v) is 6.68. The van der Waals surface area contributed by atoms with Crippen LogP contribution in [0.5, 0.6) is 11.5 Å².